The van der Waals surface area contributed by atoms with E-state index in [1.54, 1.807) is 23.7 Å². The van der Waals surface area contributed by atoms with Gasteiger partial charge >= 0.3 is 0 Å². The first-order valence-corrected chi connectivity index (χ1v) is 7.60. The normalized spacial score (nSPS) is 19.9. The lowest BCUT2D eigenvalue weighted by molar-refractivity contribution is -0.0344. The van der Waals surface area contributed by atoms with Gasteiger partial charge in [-0.05, 0) is 11.4 Å². The van der Waals surface area contributed by atoms with Crippen molar-refractivity contribution >= 4 is 17.2 Å². The Kier molecular flexibility index (Phi) is 4.25. The lowest BCUT2D eigenvalue weighted by atomic mass is 10.2. The Morgan fingerprint density at radius 2 is 2.35 bits per heavy atom. The molecule has 3 rings (SSSR count). The van der Waals surface area contributed by atoms with Crippen molar-refractivity contribution in [2.24, 2.45) is 0 Å². The maximum Gasteiger partial charge on any atom is 0.150 e. The molecule has 2 aromatic rings. The largest absolute Gasteiger partial charge is 0.372 e. The molecule has 2 aromatic heterocycles. The molecule has 3 heterocycles. The SMILES string of the molecule is CNc1nccnc1[C@@H]1CN(Cc2cccs2)CCO1. The number of anilines is 1. The molecule has 0 saturated carbocycles. The molecule has 0 unspecified atom stereocenters. The van der Waals surface area contributed by atoms with Crippen LogP contribution in [0.3, 0.4) is 0 Å². The van der Waals surface area contributed by atoms with Crippen molar-refractivity contribution in [1.29, 1.82) is 0 Å². The predicted molar refractivity (Wildman–Crippen MR) is 79.9 cm³/mol. The fraction of sp³-hybridized carbons (Fsp3) is 0.429. The third kappa shape index (κ3) is 2.98. The van der Waals surface area contributed by atoms with Crippen molar-refractivity contribution in [3.8, 4) is 0 Å². The topological polar surface area (TPSA) is 50.3 Å². The van der Waals surface area contributed by atoms with Crippen molar-refractivity contribution in [1.82, 2.24) is 14.9 Å². The molecule has 0 radical (unpaired) electrons. The molecule has 1 aliphatic rings. The highest BCUT2D eigenvalue weighted by atomic mass is 32.1. The summed E-state index contributed by atoms with van der Waals surface area (Å²) in [6.07, 6.45) is 3.40. The number of hydrogen-bond donors (Lipinski definition) is 1. The molecule has 1 fully saturated rings. The zero-order chi connectivity index (χ0) is 13.8. The van der Waals surface area contributed by atoms with Gasteiger partial charge in [-0.3, -0.25) is 9.88 Å². The summed E-state index contributed by atoms with van der Waals surface area (Å²) in [4.78, 5) is 12.5. The summed E-state index contributed by atoms with van der Waals surface area (Å²) in [5, 5.41) is 5.20. The average molecular weight is 290 g/mol. The molecule has 0 bridgehead atoms. The standard InChI is InChI=1S/C14H18N4OS/c1-15-14-13(16-4-5-17-14)12-10-18(6-7-19-12)9-11-3-2-8-20-11/h2-5,8,12H,6-7,9-10H2,1H3,(H,15,17)/t12-/m0/s1. The molecule has 1 atom stereocenters. The first-order chi connectivity index (χ1) is 9.86. The molecular weight excluding hydrogens is 272 g/mol. The van der Waals surface area contributed by atoms with Gasteiger partial charge in [-0.25, -0.2) is 4.98 Å². The van der Waals surface area contributed by atoms with Crippen molar-refractivity contribution in [3.05, 3.63) is 40.5 Å². The van der Waals surface area contributed by atoms with E-state index in [0.717, 1.165) is 37.8 Å². The Labute approximate surface area is 122 Å². The first-order valence-electron chi connectivity index (χ1n) is 6.72. The van der Waals surface area contributed by atoms with Gasteiger partial charge in [-0.1, -0.05) is 6.07 Å². The predicted octanol–water partition coefficient (Wildman–Crippen LogP) is 2.15. The van der Waals surface area contributed by atoms with Gasteiger partial charge in [0.25, 0.3) is 0 Å². The summed E-state index contributed by atoms with van der Waals surface area (Å²) < 4.78 is 5.88. The molecule has 0 spiro atoms. The van der Waals surface area contributed by atoms with Crippen LogP contribution >= 0.6 is 11.3 Å². The van der Waals surface area contributed by atoms with Crippen LogP contribution in [-0.2, 0) is 11.3 Å². The van der Waals surface area contributed by atoms with E-state index in [1.807, 2.05) is 7.05 Å². The van der Waals surface area contributed by atoms with E-state index in [-0.39, 0.29) is 6.10 Å². The van der Waals surface area contributed by atoms with E-state index in [0.29, 0.717) is 0 Å². The summed E-state index contributed by atoms with van der Waals surface area (Å²) in [5.74, 6) is 0.801. The number of morpholine rings is 1. The summed E-state index contributed by atoms with van der Waals surface area (Å²) in [5.41, 5.74) is 0.894. The van der Waals surface area contributed by atoms with Crippen molar-refractivity contribution in [3.63, 3.8) is 0 Å². The first kappa shape index (κ1) is 13.5. The molecular formula is C14H18N4OS. The average Bonchev–Trinajstić information content (AvgIpc) is 3.00. The van der Waals surface area contributed by atoms with Gasteiger partial charge in [0.05, 0.1) is 6.61 Å². The fourth-order valence-electron chi connectivity index (χ4n) is 2.41. The lowest BCUT2D eigenvalue weighted by Gasteiger charge is -2.32. The number of rotatable bonds is 4. The van der Waals surface area contributed by atoms with E-state index in [4.69, 9.17) is 4.74 Å². The van der Waals surface area contributed by atoms with Crippen LogP contribution < -0.4 is 5.32 Å². The van der Waals surface area contributed by atoms with E-state index in [1.165, 1.54) is 4.88 Å². The molecule has 0 aliphatic carbocycles. The smallest absolute Gasteiger partial charge is 0.150 e. The van der Waals surface area contributed by atoms with E-state index in [2.05, 4.69) is 37.7 Å². The van der Waals surface area contributed by atoms with Crippen LogP contribution in [0.15, 0.2) is 29.9 Å². The van der Waals surface area contributed by atoms with Gasteiger partial charge in [0, 0.05) is 44.0 Å². The zero-order valence-corrected chi connectivity index (χ0v) is 12.3. The second-order valence-corrected chi connectivity index (χ2v) is 5.75. The Balaban J connectivity index is 1.71. The van der Waals surface area contributed by atoms with Crippen LogP contribution in [0.1, 0.15) is 16.7 Å². The number of aromatic nitrogens is 2. The second kappa shape index (κ2) is 6.30. The molecule has 0 amide bonds. The van der Waals surface area contributed by atoms with Crippen LogP contribution in [-0.4, -0.2) is 41.6 Å². The summed E-state index contributed by atoms with van der Waals surface area (Å²) in [6.45, 7) is 3.53. The van der Waals surface area contributed by atoms with Crippen molar-refractivity contribution in [2.45, 2.75) is 12.6 Å². The van der Waals surface area contributed by atoms with Gasteiger partial charge in [0.2, 0.25) is 0 Å². The quantitative estimate of drug-likeness (QED) is 0.935. The molecule has 0 aromatic carbocycles. The number of hydrogen-bond acceptors (Lipinski definition) is 6. The van der Waals surface area contributed by atoms with Gasteiger partial charge in [-0.15, -0.1) is 11.3 Å². The molecule has 1 saturated heterocycles. The van der Waals surface area contributed by atoms with Crippen LogP contribution in [0.2, 0.25) is 0 Å². The van der Waals surface area contributed by atoms with Crippen LogP contribution in [0, 0.1) is 0 Å². The monoisotopic (exact) mass is 290 g/mol. The van der Waals surface area contributed by atoms with E-state index < -0.39 is 0 Å². The third-order valence-corrected chi connectivity index (χ3v) is 4.24. The third-order valence-electron chi connectivity index (χ3n) is 3.38. The number of ether oxygens (including phenoxy) is 1. The lowest BCUT2D eigenvalue weighted by Crippen LogP contribution is -2.38. The Morgan fingerprint density at radius 1 is 1.45 bits per heavy atom. The van der Waals surface area contributed by atoms with Crippen molar-refractivity contribution in [2.75, 3.05) is 32.1 Å². The Hall–Kier alpha value is -1.50. The summed E-state index contributed by atoms with van der Waals surface area (Å²) >= 11 is 1.80. The number of thiophene rings is 1. The van der Waals surface area contributed by atoms with E-state index in [9.17, 15) is 0 Å². The highest BCUT2D eigenvalue weighted by Gasteiger charge is 2.25. The molecule has 20 heavy (non-hydrogen) atoms. The second-order valence-electron chi connectivity index (χ2n) is 4.71. The van der Waals surface area contributed by atoms with Gasteiger partial charge in [0.1, 0.15) is 17.6 Å². The Bertz CT molecular complexity index is 546. The maximum atomic E-state index is 5.88. The molecule has 106 valence electrons. The maximum absolute atomic E-state index is 5.88. The van der Waals surface area contributed by atoms with E-state index >= 15 is 0 Å². The molecule has 1 aliphatic heterocycles. The molecule has 6 heteroatoms. The van der Waals surface area contributed by atoms with Gasteiger partial charge in [-0.2, -0.15) is 0 Å². The minimum atomic E-state index is -0.0140. The number of nitrogens with zero attached hydrogens (tertiary/aromatic N) is 3. The molecule has 5 nitrogen and oxygen atoms in total. The summed E-state index contributed by atoms with van der Waals surface area (Å²) in [6, 6.07) is 4.27. The Morgan fingerprint density at radius 3 is 3.15 bits per heavy atom. The highest BCUT2D eigenvalue weighted by Crippen LogP contribution is 2.26. The fourth-order valence-corrected chi connectivity index (χ4v) is 3.16. The van der Waals surface area contributed by atoms with Crippen LogP contribution in [0.4, 0.5) is 5.82 Å². The van der Waals surface area contributed by atoms with Crippen LogP contribution in [0.25, 0.3) is 0 Å². The van der Waals surface area contributed by atoms with Gasteiger partial charge in [0.15, 0.2) is 0 Å². The number of nitrogens with one attached hydrogen (secondary N) is 1. The van der Waals surface area contributed by atoms with Crippen molar-refractivity contribution < 1.29 is 4.74 Å². The minimum Gasteiger partial charge on any atom is -0.372 e. The van der Waals surface area contributed by atoms with Crippen LogP contribution in [0.5, 0.6) is 0 Å². The zero-order valence-electron chi connectivity index (χ0n) is 11.5. The summed E-state index contributed by atoms with van der Waals surface area (Å²) in [7, 11) is 1.86. The minimum absolute atomic E-state index is 0.0140. The molecule has 1 N–H and O–H groups in total. The highest BCUT2D eigenvalue weighted by molar-refractivity contribution is 7.09. The van der Waals surface area contributed by atoms with Gasteiger partial charge < -0.3 is 10.1 Å².